The molecule has 2 rings (SSSR count). The quantitative estimate of drug-likeness (QED) is 0.713. The summed E-state index contributed by atoms with van der Waals surface area (Å²) in [6.45, 7) is 7.60. The Morgan fingerprint density at radius 3 is 2.78 bits per heavy atom. The molecule has 0 aliphatic carbocycles. The van der Waals surface area contributed by atoms with Gasteiger partial charge in [-0.3, -0.25) is 0 Å². The Labute approximate surface area is 109 Å². The van der Waals surface area contributed by atoms with Crippen molar-refractivity contribution in [1.29, 1.82) is 0 Å². The molecule has 104 valence electrons. The first-order valence-electron chi connectivity index (χ1n) is 6.69. The second-order valence-corrected chi connectivity index (χ2v) is 6.27. The molecule has 18 heavy (non-hydrogen) atoms. The van der Waals surface area contributed by atoms with Crippen LogP contribution in [-0.2, 0) is 9.47 Å². The van der Waals surface area contributed by atoms with Crippen molar-refractivity contribution < 1.29 is 14.3 Å². The van der Waals surface area contributed by atoms with Crippen molar-refractivity contribution in [3.63, 3.8) is 0 Å². The summed E-state index contributed by atoms with van der Waals surface area (Å²) in [4.78, 5) is 14.1. The molecule has 0 bridgehead atoms. The van der Waals surface area contributed by atoms with Crippen molar-refractivity contribution in [2.24, 2.45) is 5.73 Å². The van der Waals surface area contributed by atoms with E-state index >= 15 is 0 Å². The fraction of sp³-hybridized carbons (Fsp3) is 0.923. The SMILES string of the molecule is CC(C)(C)OC(=O)N1CCCC12CCOCC2N. The van der Waals surface area contributed by atoms with Crippen LogP contribution in [0.15, 0.2) is 0 Å². The molecular weight excluding hydrogens is 232 g/mol. The summed E-state index contributed by atoms with van der Waals surface area (Å²) >= 11 is 0. The average Bonchev–Trinajstić information content (AvgIpc) is 2.65. The first kappa shape index (κ1) is 13.6. The molecular formula is C13H24N2O3. The predicted molar refractivity (Wildman–Crippen MR) is 68.3 cm³/mol. The molecule has 5 heteroatoms. The highest BCUT2D eigenvalue weighted by atomic mass is 16.6. The van der Waals surface area contributed by atoms with Crippen LogP contribution in [0.25, 0.3) is 0 Å². The second kappa shape index (κ2) is 4.70. The van der Waals surface area contributed by atoms with Crippen molar-refractivity contribution >= 4 is 6.09 Å². The van der Waals surface area contributed by atoms with Crippen LogP contribution in [-0.4, -0.2) is 47.9 Å². The zero-order chi connectivity index (χ0) is 13.4. The second-order valence-electron chi connectivity index (χ2n) is 6.27. The molecule has 0 aromatic rings. The van der Waals surface area contributed by atoms with Gasteiger partial charge in [-0.05, 0) is 40.0 Å². The Kier molecular flexibility index (Phi) is 3.56. The summed E-state index contributed by atoms with van der Waals surface area (Å²) < 4.78 is 10.9. The number of carbonyl (C=O) groups is 1. The van der Waals surface area contributed by atoms with E-state index in [4.69, 9.17) is 15.2 Å². The number of nitrogens with two attached hydrogens (primary N) is 1. The number of nitrogens with zero attached hydrogens (tertiary/aromatic N) is 1. The largest absolute Gasteiger partial charge is 0.444 e. The fourth-order valence-electron chi connectivity index (χ4n) is 2.94. The van der Waals surface area contributed by atoms with Crippen LogP contribution < -0.4 is 5.73 Å². The Balaban J connectivity index is 2.14. The van der Waals surface area contributed by atoms with Gasteiger partial charge in [0.2, 0.25) is 0 Å². The summed E-state index contributed by atoms with van der Waals surface area (Å²) in [5.41, 5.74) is 5.48. The normalized spacial score (nSPS) is 32.9. The highest BCUT2D eigenvalue weighted by molar-refractivity contribution is 5.70. The lowest BCUT2D eigenvalue weighted by molar-refractivity contribution is -0.0402. The monoisotopic (exact) mass is 256 g/mol. The van der Waals surface area contributed by atoms with E-state index in [2.05, 4.69) is 0 Å². The standard InChI is InChI=1S/C13H24N2O3/c1-12(2,3)18-11(16)15-7-4-5-13(15)6-8-17-9-10(13)14/h10H,4-9,14H2,1-3H3. The Hall–Kier alpha value is -0.810. The van der Waals surface area contributed by atoms with Crippen molar-refractivity contribution in [2.45, 2.75) is 57.2 Å². The van der Waals surface area contributed by atoms with Gasteiger partial charge in [0, 0.05) is 13.2 Å². The molecule has 2 saturated heterocycles. The van der Waals surface area contributed by atoms with Crippen LogP contribution in [0, 0.1) is 0 Å². The van der Waals surface area contributed by atoms with Gasteiger partial charge in [-0.25, -0.2) is 4.79 Å². The maximum Gasteiger partial charge on any atom is 0.410 e. The fourth-order valence-corrected chi connectivity index (χ4v) is 2.94. The van der Waals surface area contributed by atoms with E-state index in [-0.39, 0.29) is 17.7 Å². The number of ether oxygens (including phenoxy) is 2. The van der Waals surface area contributed by atoms with Crippen LogP contribution in [0.2, 0.25) is 0 Å². The van der Waals surface area contributed by atoms with Gasteiger partial charge in [0.25, 0.3) is 0 Å². The van der Waals surface area contributed by atoms with E-state index in [0.717, 1.165) is 25.8 Å². The van der Waals surface area contributed by atoms with Crippen LogP contribution in [0.5, 0.6) is 0 Å². The molecule has 1 spiro atoms. The third kappa shape index (κ3) is 2.47. The molecule has 2 fully saturated rings. The summed E-state index contributed by atoms with van der Waals surface area (Å²) in [5.74, 6) is 0. The molecule has 0 radical (unpaired) electrons. The lowest BCUT2D eigenvalue weighted by Crippen LogP contribution is -2.63. The van der Waals surface area contributed by atoms with E-state index in [0.29, 0.717) is 13.2 Å². The number of likely N-dealkylation sites (tertiary alicyclic amines) is 1. The van der Waals surface area contributed by atoms with E-state index < -0.39 is 5.60 Å². The zero-order valence-electron chi connectivity index (χ0n) is 11.6. The first-order chi connectivity index (χ1) is 8.35. The van der Waals surface area contributed by atoms with Crippen molar-refractivity contribution in [3.05, 3.63) is 0 Å². The van der Waals surface area contributed by atoms with Crippen molar-refractivity contribution in [2.75, 3.05) is 19.8 Å². The number of rotatable bonds is 0. The number of carbonyl (C=O) groups excluding carboxylic acids is 1. The van der Waals surface area contributed by atoms with Gasteiger partial charge in [-0.1, -0.05) is 0 Å². The molecule has 0 saturated carbocycles. The van der Waals surface area contributed by atoms with Gasteiger partial charge in [-0.15, -0.1) is 0 Å². The van der Waals surface area contributed by atoms with E-state index in [1.807, 2.05) is 25.7 Å². The first-order valence-corrected chi connectivity index (χ1v) is 6.69. The molecule has 5 nitrogen and oxygen atoms in total. The van der Waals surface area contributed by atoms with Gasteiger partial charge in [-0.2, -0.15) is 0 Å². The third-order valence-electron chi connectivity index (χ3n) is 3.81. The maximum absolute atomic E-state index is 12.3. The molecule has 0 aromatic heterocycles. The van der Waals surface area contributed by atoms with Crippen molar-refractivity contribution in [3.8, 4) is 0 Å². The number of amides is 1. The Morgan fingerprint density at radius 1 is 1.44 bits per heavy atom. The minimum absolute atomic E-state index is 0.110. The van der Waals surface area contributed by atoms with Gasteiger partial charge in [0.15, 0.2) is 0 Å². The third-order valence-corrected chi connectivity index (χ3v) is 3.81. The maximum atomic E-state index is 12.3. The lowest BCUT2D eigenvalue weighted by Gasteiger charge is -2.45. The molecule has 2 aliphatic heterocycles. The summed E-state index contributed by atoms with van der Waals surface area (Å²) in [5, 5.41) is 0. The summed E-state index contributed by atoms with van der Waals surface area (Å²) in [7, 11) is 0. The molecule has 1 amide bonds. The molecule has 2 heterocycles. The number of hydrogen-bond donors (Lipinski definition) is 1. The Bertz CT molecular complexity index is 327. The smallest absolute Gasteiger partial charge is 0.410 e. The Morgan fingerprint density at radius 2 is 2.17 bits per heavy atom. The van der Waals surface area contributed by atoms with Gasteiger partial charge in [0.1, 0.15) is 5.60 Å². The highest BCUT2D eigenvalue weighted by Crippen LogP contribution is 2.38. The van der Waals surface area contributed by atoms with E-state index in [9.17, 15) is 4.79 Å². The average molecular weight is 256 g/mol. The zero-order valence-corrected chi connectivity index (χ0v) is 11.6. The van der Waals surface area contributed by atoms with Gasteiger partial charge >= 0.3 is 6.09 Å². The van der Waals surface area contributed by atoms with Crippen molar-refractivity contribution in [1.82, 2.24) is 4.90 Å². The predicted octanol–water partition coefficient (Wildman–Crippen LogP) is 1.50. The summed E-state index contributed by atoms with van der Waals surface area (Å²) in [6, 6.07) is -0.110. The highest BCUT2D eigenvalue weighted by Gasteiger charge is 2.50. The molecule has 0 aromatic carbocycles. The van der Waals surface area contributed by atoms with Crippen LogP contribution in [0.1, 0.15) is 40.0 Å². The van der Waals surface area contributed by atoms with Gasteiger partial charge in [0.05, 0.1) is 18.2 Å². The van der Waals surface area contributed by atoms with Crippen LogP contribution in [0.4, 0.5) is 4.79 Å². The summed E-state index contributed by atoms with van der Waals surface area (Å²) in [6.07, 6.45) is 2.52. The van der Waals surface area contributed by atoms with Gasteiger partial charge < -0.3 is 20.1 Å². The molecule has 2 unspecified atom stereocenters. The molecule has 2 N–H and O–H groups in total. The topological polar surface area (TPSA) is 64.8 Å². The minimum Gasteiger partial charge on any atom is -0.444 e. The van der Waals surface area contributed by atoms with Crippen LogP contribution in [0.3, 0.4) is 0 Å². The van der Waals surface area contributed by atoms with E-state index in [1.165, 1.54) is 0 Å². The minimum atomic E-state index is -0.462. The lowest BCUT2D eigenvalue weighted by atomic mass is 9.83. The number of hydrogen-bond acceptors (Lipinski definition) is 4. The van der Waals surface area contributed by atoms with Crippen LogP contribution >= 0.6 is 0 Å². The molecule has 2 aliphatic rings. The van der Waals surface area contributed by atoms with E-state index in [1.54, 1.807) is 0 Å². The molecule has 2 atom stereocenters.